The molecule has 4 N–H and O–H groups in total. The number of carbonyl (C=O) groups excluding carboxylic acids is 3. The number of aliphatic hydroxyl groups is 1. The zero-order chi connectivity index (χ0) is 16.3. The number of fused-ring (bicyclic) bond motifs is 1. The van der Waals surface area contributed by atoms with Crippen LogP contribution in [-0.2, 0) is 4.79 Å². The zero-order valence-electron chi connectivity index (χ0n) is 12.3. The maximum absolute atomic E-state index is 12.5. The topological polar surface area (TPSA) is 109 Å². The van der Waals surface area contributed by atoms with E-state index in [9.17, 15) is 14.4 Å². The number of Topliss-reactive ketones (excluding diaryl/α,β-unsaturated/α-hetero) is 2. The smallest absolute Gasteiger partial charge is 0.239 e. The van der Waals surface area contributed by atoms with Gasteiger partial charge in [-0.2, -0.15) is 0 Å². The van der Waals surface area contributed by atoms with E-state index in [1.54, 1.807) is 31.2 Å². The van der Waals surface area contributed by atoms with Crippen LogP contribution < -0.4 is 11.1 Å². The summed E-state index contributed by atoms with van der Waals surface area (Å²) in [7, 11) is 0. The summed E-state index contributed by atoms with van der Waals surface area (Å²) in [5.74, 6) is -0.840. The van der Waals surface area contributed by atoms with Crippen LogP contribution >= 0.6 is 0 Å². The van der Waals surface area contributed by atoms with Crippen molar-refractivity contribution in [2.75, 3.05) is 13.2 Å². The highest BCUT2D eigenvalue weighted by Gasteiger charge is 2.29. The van der Waals surface area contributed by atoms with Crippen LogP contribution in [0.3, 0.4) is 0 Å². The fraction of sp³-hybridized carbons (Fsp3) is 0.312. The Morgan fingerprint density at radius 2 is 1.82 bits per heavy atom. The molecule has 1 aromatic carbocycles. The van der Waals surface area contributed by atoms with Crippen molar-refractivity contribution < 1.29 is 19.5 Å². The number of carbonyl (C=O) groups is 3. The highest BCUT2D eigenvalue weighted by Crippen LogP contribution is 2.27. The molecule has 0 aliphatic heterocycles. The average Bonchev–Trinajstić information content (AvgIpc) is 2.54. The lowest BCUT2D eigenvalue weighted by Crippen LogP contribution is -2.43. The van der Waals surface area contributed by atoms with Crippen molar-refractivity contribution in [3.63, 3.8) is 0 Å². The molecule has 0 bridgehead atoms. The van der Waals surface area contributed by atoms with Gasteiger partial charge in [0, 0.05) is 28.8 Å². The number of aliphatic hydroxyl groups excluding tert-OH is 1. The van der Waals surface area contributed by atoms with E-state index >= 15 is 0 Å². The number of allylic oxidation sites excluding steroid dienone is 1. The van der Waals surface area contributed by atoms with E-state index in [1.165, 1.54) is 0 Å². The maximum Gasteiger partial charge on any atom is 0.239 e. The highest BCUT2D eigenvalue weighted by molar-refractivity contribution is 6.26. The Morgan fingerprint density at radius 3 is 2.41 bits per heavy atom. The van der Waals surface area contributed by atoms with Gasteiger partial charge in [0.15, 0.2) is 11.6 Å². The lowest BCUT2D eigenvalue weighted by atomic mass is 9.83. The molecule has 0 heterocycles. The van der Waals surface area contributed by atoms with E-state index in [4.69, 9.17) is 10.8 Å². The molecular weight excluding hydrogens is 284 g/mol. The van der Waals surface area contributed by atoms with Crippen molar-refractivity contribution in [1.82, 2.24) is 5.32 Å². The molecule has 0 spiro atoms. The van der Waals surface area contributed by atoms with Crippen molar-refractivity contribution in [2.45, 2.75) is 19.4 Å². The molecule has 22 heavy (non-hydrogen) atoms. The third kappa shape index (κ3) is 2.98. The molecule has 6 heteroatoms. The minimum Gasteiger partial charge on any atom is -0.394 e. The van der Waals surface area contributed by atoms with E-state index in [1.807, 2.05) is 0 Å². The summed E-state index contributed by atoms with van der Waals surface area (Å²) in [6.45, 7) is 1.35. The SMILES string of the molecule is CC1=C(CCNC(=O)[C@@H](N)CO)C(=O)c2ccccc2C1=O. The molecule has 0 aromatic heterocycles. The van der Waals surface area contributed by atoms with E-state index in [2.05, 4.69) is 5.32 Å². The first-order valence-corrected chi connectivity index (χ1v) is 6.99. The Labute approximate surface area is 128 Å². The second-order valence-corrected chi connectivity index (χ2v) is 5.14. The molecule has 1 amide bonds. The largest absolute Gasteiger partial charge is 0.394 e. The fourth-order valence-corrected chi connectivity index (χ4v) is 2.38. The summed E-state index contributed by atoms with van der Waals surface area (Å²) in [6, 6.07) is 5.71. The zero-order valence-corrected chi connectivity index (χ0v) is 12.3. The molecule has 0 radical (unpaired) electrons. The highest BCUT2D eigenvalue weighted by atomic mass is 16.3. The number of hydrogen-bond acceptors (Lipinski definition) is 5. The number of ketones is 2. The van der Waals surface area contributed by atoms with Gasteiger partial charge in [0.1, 0.15) is 6.04 Å². The van der Waals surface area contributed by atoms with Crippen LogP contribution in [-0.4, -0.2) is 41.8 Å². The van der Waals surface area contributed by atoms with Gasteiger partial charge in [0.25, 0.3) is 0 Å². The predicted octanol–water partition coefficient (Wildman–Crippen LogP) is 0.208. The van der Waals surface area contributed by atoms with Gasteiger partial charge in [-0.15, -0.1) is 0 Å². The van der Waals surface area contributed by atoms with Crippen LogP contribution in [0.4, 0.5) is 0 Å². The summed E-state index contributed by atoms with van der Waals surface area (Å²) >= 11 is 0. The van der Waals surface area contributed by atoms with Crippen LogP contribution in [0.15, 0.2) is 35.4 Å². The Balaban J connectivity index is 2.12. The van der Waals surface area contributed by atoms with Crippen molar-refractivity contribution >= 4 is 17.5 Å². The molecule has 6 nitrogen and oxygen atoms in total. The third-order valence-electron chi connectivity index (χ3n) is 3.69. The van der Waals surface area contributed by atoms with Gasteiger partial charge in [-0.3, -0.25) is 14.4 Å². The minimum atomic E-state index is -0.987. The minimum absolute atomic E-state index is 0.163. The van der Waals surface area contributed by atoms with Crippen LogP contribution in [0.2, 0.25) is 0 Å². The van der Waals surface area contributed by atoms with Crippen molar-refractivity contribution in [1.29, 1.82) is 0 Å². The monoisotopic (exact) mass is 302 g/mol. The number of rotatable bonds is 5. The van der Waals surface area contributed by atoms with Gasteiger partial charge < -0.3 is 16.2 Å². The van der Waals surface area contributed by atoms with Crippen LogP contribution in [0.25, 0.3) is 0 Å². The standard InChI is InChI=1S/C16H18N2O4/c1-9-10(6-7-18-16(22)13(17)8-19)15(21)12-5-3-2-4-11(12)14(9)20/h2-5,13,19H,6-8,17H2,1H3,(H,18,22)/t13-/m0/s1. The molecule has 1 atom stereocenters. The fourth-order valence-electron chi connectivity index (χ4n) is 2.38. The Morgan fingerprint density at radius 1 is 1.23 bits per heavy atom. The molecule has 1 aromatic rings. The van der Waals surface area contributed by atoms with E-state index in [0.29, 0.717) is 22.3 Å². The second-order valence-electron chi connectivity index (χ2n) is 5.14. The third-order valence-corrected chi connectivity index (χ3v) is 3.69. The predicted molar refractivity (Wildman–Crippen MR) is 80.5 cm³/mol. The summed E-state index contributed by atoms with van der Waals surface area (Å²) in [5.41, 5.74) is 7.00. The normalized spacial score (nSPS) is 15.6. The summed E-state index contributed by atoms with van der Waals surface area (Å²) in [4.78, 5) is 36.2. The molecule has 2 rings (SSSR count). The van der Waals surface area contributed by atoms with Crippen molar-refractivity contribution in [3.05, 3.63) is 46.5 Å². The van der Waals surface area contributed by atoms with Crippen molar-refractivity contribution in [2.24, 2.45) is 5.73 Å². The first-order chi connectivity index (χ1) is 10.5. The first kappa shape index (κ1) is 16.1. The first-order valence-electron chi connectivity index (χ1n) is 6.99. The second kappa shape index (κ2) is 6.64. The lowest BCUT2D eigenvalue weighted by molar-refractivity contribution is -0.123. The van der Waals surface area contributed by atoms with Gasteiger partial charge in [0.05, 0.1) is 6.61 Å². The summed E-state index contributed by atoms with van der Waals surface area (Å²) < 4.78 is 0. The van der Waals surface area contributed by atoms with Gasteiger partial charge in [0.2, 0.25) is 5.91 Å². The molecule has 116 valence electrons. The molecule has 0 saturated heterocycles. The van der Waals surface area contributed by atoms with Gasteiger partial charge in [-0.05, 0) is 13.3 Å². The average molecular weight is 302 g/mol. The van der Waals surface area contributed by atoms with Crippen LogP contribution in [0.5, 0.6) is 0 Å². The molecule has 1 aliphatic rings. The van der Waals surface area contributed by atoms with E-state index in [-0.39, 0.29) is 24.5 Å². The number of amides is 1. The Bertz CT molecular complexity index is 664. The van der Waals surface area contributed by atoms with Crippen LogP contribution in [0.1, 0.15) is 34.1 Å². The van der Waals surface area contributed by atoms with Gasteiger partial charge >= 0.3 is 0 Å². The number of benzene rings is 1. The van der Waals surface area contributed by atoms with Crippen molar-refractivity contribution in [3.8, 4) is 0 Å². The number of nitrogens with one attached hydrogen (secondary N) is 1. The Hall–Kier alpha value is -2.31. The van der Waals surface area contributed by atoms with E-state index < -0.39 is 18.6 Å². The maximum atomic E-state index is 12.5. The van der Waals surface area contributed by atoms with Gasteiger partial charge in [-0.25, -0.2) is 0 Å². The lowest BCUT2D eigenvalue weighted by Gasteiger charge is -2.19. The molecule has 0 unspecified atom stereocenters. The number of hydrogen-bond donors (Lipinski definition) is 3. The molecule has 0 saturated carbocycles. The Kier molecular flexibility index (Phi) is 4.85. The van der Waals surface area contributed by atoms with Gasteiger partial charge in [-0.1, -0.05) is 24.3 Å². The van der Waals surface area contributed by atoms with E-state index in [0.717, 1.165) is 0 Å². The molecule has 0 fully saturated rings. The molecule has 1 aliphatic carbocycles. The van der Waals surface area contributed by atoms with Crippen LogP contribution in [0, 0.1) is 0 Å². The number of nitrogens with two attached hydrogens (primary N) is 1. The summed E-state index contributed by atoms with van der Waals surface area (Å²) in [6.07, 6.45) is 0.245. The molecular formula is C16H18N2O4. The summed E-state index contributed by atoms with van der Waals surface area (Å²) in [5, 5.41) is 11.3. The quantitative estimate of drug-likeness (QED) is 0.720.